The first-order chi connectivity index (χ1) is 19.4. The van der Waals surface area contributed by atoms with Crippen LogP contribution in [0.1, 0.15) is 26.3 Å². The Morgan fingerprint density at radius 1 is 0.902 bits per heavy atom. The van der Waals surface area contributed by atoms with Crippen molar-refractivity contribution in [3.63, 3.8) is 0 Å². The summed E-state index contributed by atoms with van der Waals surface area (Å²) < 4.78 is 67.5. The number of ether oxygens (including phenoxy) is 2. The molecule has 0 fully saturated rings. The van der Waals surface area contributed by atoms with E-state index in [2.05, 4.69) is 5.32 Å². The van der Waals surface area contributed by atoms with Gasteiger partial charge in [0.1, 0.15) is 24.2 Å². The number of carbonyl (C=O) groups is 2. The number of amides is 2. The molecular formula is C29H33F2N3O6S. The number of methoxy groups -OCH3 is 2. The fourth-order valence-electron chi connectivity index (χ4n) is 4.04. The summed E-state index contributed by atoms with van der Waals surface area (Å²) in [7, 11) is -1.70. The van der Waals surface area contributed by atoms with E-state index in [9.17, 15) is 26.8 Å². The molecule has 3 rings (SSSR count). The zero-order valence-electron chi connectivity index (χ0n) is 23.4. The fraction of sp³-hybridized carbons (Fsp3) is 0.310. The predicted molar refractivity (Wildman–Crippen MR) is 150 cm³/mol. The Kier molecular flexibility index (Phi) is 10.3. The molecule has 220 valence electrons. The third-order valence-electron chi connectivity index (χ3n) is 6.23. The number of rotatable bonds is 12. The van der Waals surface area contributed by atoms with Gasteiger partial charge in [-0.2, -0.15) is 0 Å². The van der Waals surface area contributed by atoms with Crippen LogP contribution in [0.2, 0.25) is 0 Å². The monoisotopic (exact) mass is 589 g/mol. The van der Waals surface area contributed by atoms with Crippen LogP contribution in [0, 0.1) is 11.6 Å². The zero-order valence-corrected chi connectivity index (χ0v) is 24.2. The summed E-state index contributed by atoms with van der Waals surface area (Å²) in [6, 6.07) is 13.0. The second-order valence-electron chi connectivity index (χ2n) is 9.46. The highest BCUT2D eigenvalue weighted by atomic mass is 32.2. The average molecular weight is 590 g/mol. The normalized spacial score (nSPS) is 12.0. The van der Waals surface area contributed by atoms with E-state index in [0.717, 1.165) is 21.3 Å². The lowest BCUT2D eigenvalue weighted by Gasteiger charge is -2.32. The van der Waals surface area contributed by atoms with Crippen LogP contribution in [0.15, 0.2) is 71.6 Å². The molecule has 3 aromatic carbocycles. The molecule has 12 heteroatoms. The second kappa shape index (κ2) is 13.4. The van der Waals surface area contributed by atoms with Crippen LogP contribution in [0.3, 0.4) is 0 Å². The van der Waals surface area contributed by atoms with Crippen LogP contribution in [0.5, 0.6) is 11.5 Å². The van der Waals surface area contributed by atoms with Crippen molar-refractivity contribution < 1.29 is 36.3 Å². The van der Waals surface area contributed by atoms with Crippen molar-refractivity contribution in [1.82, 2.24) is 10.2 Å². The van der Waals surface area contributed by atoms with Crippen molar-refractivity contribution in [3.05, 3.63) is 83.9 Å². The van der Waals surface area contributed by atoms with Crippen molar-refractivity contribution >= 4 is 27.5 Å². The maximum atomic E-state index is 14.6. The number of nitrogens with zero attached hydrogens (tertiary/aromatic N) is 2. The predicted octanol–water partition coefficient (Wildman–Crippen LogP) is 4.12. The Hall–Kier alpha value is -4.19. The van der Waals surface area contributed by atoms with Crippen molar-refractivity contribution in [2.75, 3.05) is 25.1 Å². The number of benzene rings is 3. The maximum absolute atomic E-state index is 14.6. The molecule has 0 aliphatic rings. The second-order valence-corrected chi connectivity index (χ2v) is 11.3. The summed E-state index contributed by atoms with van der Waals surface area (Å²) in [6.07, 6.45) is 0. The first-order valence-electron chi connectivity index (χ1n) is 12.7. The maximum Gasteiger partial charge on any atom is 0.264 e. The molecule has 0 saturated carbocycles. The molecular weight excluding hydrogens is 556 g/mol. The number of hydrogen-bond acceptors (Lipinski definition) is 6. The molecule has 2 amide bonds. The Morgan fingerprint density at radius 2 is 1.54 bits per heavy atom. The van der Waals surface area contributed by atoms with Crippen molar-refractivity contribution in [2.24, 2.45) is 0 Å². The van der Waals surface area contributed by atoms with E-state index in [-0.39, 0.29) is 40.2 Å². The van der Waals surface area contributed by atoms with Crippen LogP contribution >= 0.6 is 0 Å². The van der Waals surface area contributed by atoms with Gasteiger partial charge < -0.3 is 19.7 Å². The molecule has 3 aromatic rings. The number of anilines is 1. The zero-order chi connectivity index (χ0) is 30.3. The third kappa shape index (κ3) is 7.51. The summed E-state index contributed by atoms with van der Waals surface area (Å²) in [5.41, 5.74) is 0.140. The van der Waals surface area contributed by atoms with Crippen LogP contribution in [-0.2, 0) is 26.2 Å². The summed E-state index contributed by atoms with van der Waals surface area (Å²) >= 11 is 0. The first-order valence-corrected chi connectivity index (χ1v) is 14.2. The molecule has 0 spiro atoms. The van der Waals surface area contributed by atoms with Crippen LogP contribution in [-0.4, -0.2) is 58.0 Å². The highest BCUT2D eigenvalue weighted by Crippen LogP contribution is 2.32. The van der Waals surface area contributed by atoms with Gasteiger partial charge in [0.15, 0.2) is 11.5 Å². The quantitative estimate of drug-likeness (QED) is 0.341. The molecule has 0 aliphatic heterocycles. The van der Waals surface area contributed by atoms with Gasteiger partial charge >= 0.3 is 0 Å². The lowest BCUT2D eigenvalue weighted by Crippen LogP contribution is -2.52. The van der Waals surface area contributed by atoms with Crippen LogP contribution < -0.4 is 19.1 Å². The minimum Gasteiger partial charge on any atom is -0.493 e. The van der Waals surface area contributed by atoms with Gasteiger partial charge in [-0.3, -0.25) is 13.9 Å². The Bertz CT molecular complexity index is 1480. The van der Waals surface area contributed by atoms with Gasteiger partial charge in [0, 0.05) is 24.2 Å². The van der Waals surface area contributed by atoms with Gasteiger partial charge in [-0.15, -0.1) is 0 Å². The van der Waals surface area contributed by atoms with Gasteiger partial charge in [0.25, 0.3) is 10.0 Å². The number of halogens is 2. The molecule has 0 bridgehead atoms. The topological polar surface area (TPSA) is 105 Å². The highest BCUT2D eigenvalue weighted by Gasteiger charge is 2.33. The number of carbonyl (C=O) groups excluding carboxylic acids is 2. The molecule has 0 saturated heterocycles. The fourth-order valence-corrected chi connectivity index (χ4v) is 5.47. The molecule has 9 nitrogen and oxygen atoms in total. The molecule has 0 unspecified atom stereocenters. The van der Waals surface area contributed by atoms with Crippen molar-refractivity contribution in [1.29, 1.82) is 0 Å². The van der Waals surface area contributed by atoms with Gasteiger partial charge in [0.05, 0.1) is 24.8 Å². The van der Waals surface area contributed by atoms with E-state index in [1.54, 1.807) is 19.9 Å². The number of nitrogens with one attached hydrogen (secondary N) is 1. The molecule has 1 atom stereocenters. The largest absolute Gasteiger partial charge is 0.493 e. The summed E-state index contributed by atoms with van der Waals surface area (Å²) in [5, 5.41) is 2.72. The van der Waals surface area contributed by atoms with E-state index in [1.165, 1.54) is 69.7 Å². The van der Waals surface area contributed by atoms with E-state index in [0.29, 0.717) is 0 Å². The van der Waals surface area contributed by atoms with Gasteiger partial charge in [-0.1, -0.05) is 18.2 Å². The summed E-state index contributed by atoms with van der Waals surface area (Å²) in [4.78, 5) is 27.6. The number of hydrogen-bond donors (Lipinski definition) is 1. The van der Waals surface area contributed by atoms with E-state index in [4.69, 9.17) is 9.47 Å². The Balaban J connectivity index is 2.08. The summed E-state index contributed by atoms with van der Waals surface area (Å²) in [5.74, 6) is -2.05. The Morgan fingerprint density at radius 3 is 2.12 bits per heavy atom. The summed E-state index contributed by atoms with van der Waals surface area (Å²) in [6.45, 7) is 3.91. The third-order valence-corrected chi connectivity index (χ3v) is 8.00. The molecule has 41 heavy (non-hydrogen) atoms. The van der Waals surface area contributed by atoms with Crippen molar-refractivity contribution in [3.8, 4) is 11.5 Å². The first kappa shape index (κ1) is 31.3. The lowest BCUT2D eigenvalue weighted by molar-refractivity contribution is -0.139. The van der Waals surface area contributed by atoms with Gasteiger partial charge in [-0.05, 0) is 63.2 Å². The van der Waals surface area contributed by atoms with Crippen LogP contribution in [0.4, 0.5) is 14.5 Å². The van der Waals surface area contributed by atoms with Crippen molar-refractivity contribution in [2.45, 2.75) is 44.3 Å². The molecule has 0 radical (unpaired) electrons. The highest BCUT2D eigenvalue weighted by molar-refractivity contribution is 7.92. The van der Waals surface area contributed by atoms with E-state index in [1.807, 2.05) is 0 Å². The number of sulfonamides is 1. The molecule has 0 aliphatic carbocycles. The van der Waals surface area contributed by atoms with Crippen LogP contribution in [0.25, 0.3) is 0 Å². The van der Waals surface area contributed by atoms with E-state index < -0.39 is 46.1 Å². The molecule has 0 aromatic heterocycles. The molecule has 0 heterocycles. The SMILES string of the molecule is COc1ccc(S(=O)(=O)N(CC(=O)N(Cc2ccccc2F)[C@H](C)C(=O)NC(C)C)c2ccc(F)cc2)cc1OC. The standard InChI is InChI=1S/C29H33F2N3O6S/c1-19(2)32-29(36)20(3)33(17-21-8-6-7-9-25(21)31)28(35)18-34(23-12-10-22(30)11-13-23)41(37,38)24-14-15-26(39-4)27(16-24)40-5/h6-16,19-20H,17-18H2,1-5H3,(H,32,36)/t20-/m1/s1. The smallest absolute Gasteiger partial charge is 0.264 e. The average Bonchev–Trinajstić information content (AvgIpc) is 2.94. The minimum atomic E-state index is -4.45. The molecule has 1 N–H and O–H groups in total. The van der Waals surface area contributed by atoms with Gasteiger partial charge in [-0.25, -0.2) is 17.2 Å². The lowest BCUT2D eigenvalue weighted by atomic mass is 10.1. The Labute approximate surface area is 238 Å². The minimum absolute atomic E-state index is 0.000313. The van der Waals surface area contributed by atoms with E-state index >= 15 is 0 Å². The van der Waals surface area contributed by atoms with Gasteiger partial charge in [0.2, 0.25) is 11.8 Å².